The summed E-state index contributed by atoms with van der Waals surface area (Å²) in [7, 11) is -16.9. The van der Waals surface area contributed by atoms with Crippen LogP contribution in [0.1, 0.15) is 12.6 Å². The number of hydrogen-bond donors (Lipinski definition) is 7. The van der Waals surface area contributed by atoms with Crippen LogP contribution >= 0.6 is 23.5 Å². The number of phosphoric ester groups is 1. The second-order valence-electron chi connectivity index (χ2n) is 7.23. The zero-order chi connectivity index (χ0) is 25.7. The molecule has 2 unspecified atom stereocenters. The third-order valence-electron chi connectivity index (χ3n) is 4.82. The van der Waals surface area contributed by atoms with Crippen molar-refractivity contribution in [1.29, 1.82) is 5.26 Å². The molecule has 0 spiro atoms. The first-order valence-corrected chi connectivity index (χ1v) is 13.4. The Hall–Kier alpha value is -1.80. The van der Waals surface area contributed by atoms with E-state index in [0.29, 0.717) is 0 Å². The van der Waals surface area contributed by atoms with Gasteiger partial charge in [0.25, 0.3) is 0 Å². The Balaban J connectivity index is 1.86. The van der Waals surface area contributed by atoms with Gasteiger partial charge in [-0.05, 0) is 13.0 Å². The summed E-state index contributed by atoms with van der Waals surface area (Å²) in [4.78, 5) is 40.0. The molecule has 0 aromatic carbocycles. The predicted octanol–water partition coefficient (Wildman–Crippen LogP) is -1.15. The average Bonchev–Trinajstić information content (AvgIpc) is 3.17. The number of rotatable bonds is 8. The molecular weight excluding hydrogens is 525 g/mol. The predicted molar refractivity (Wildman–Crippen MR) is 108 cm³/mol. The number of fused-ring (bicyclic) bond motifs is 1. The van der Waals surface area contributed by atoms with Gasteiger partial charge in [-0.15, -0.1) is 0 Å². The van der Waals surface area contributed by atoms with Gasteiger partial charge in [-0.3, -0.25) is 4.52 Å². The molecule has 3 rings (SSSR count). The fourth-order valence-corrected chi connectivity index (χ4v) is 6.33. The molecule has 0 aliphatic carbocycles. The number of ether oxygens (including phenoxy) is 1. The zero-order valence-corrected chi connectivity index (χ0v) is 19.7. The second kappa shape index (κ2) is 8.70. The number of nitriles is 1. The van der Waals surface area contributed by atoms with E-state index in [1.54, 1.807) is 0 Å². The van der Waals surface area contributed by atoms with E-state index in [2.05, 4.69) is 23.2 Å². The molecule has 188 valence electrons. The molecule has 0 bridgehead atoms. The topological polar surface area (TPSA) is 295 Å². The highest BCUT2D eigenvalue weighted by Gasteiger charge is 2.64. The van der Waals surface area contributed by atoms with E-state index in [4.69, 9.17) is 26.0 Å². The molecule has 0 saturated carbocycles. The number of imidazole rings is 1. The van der Waals surface area contributed by atoms with E-state index >= 15 is 0 Å². The van der Waals surface area contributed by atoms with Crippen LogP contribution < -0.4 is 11.5 Å². The number of nitrogens with zero attached hydrogens (tertiary/aromatic N) is 4. The summed E-state index contributed by atoms with van der Waals surface area (Å²) < 4.78 is 52.7. The van der Waals surface area contributed by atoms with E-state index in [9.17, 15) is 33.9 Å². The van der Waals surface area contributed by atoms with Gasteiger partial charge in [0.05, 0.1) is 30.2 Å². The van der Waals surface area contributed by atoms with Gasteiger partial charge >= 0.3 is 23.5 Å². The lowest BCUT2D eigenvalue weighted by Crippen LogP contribution is -2.59. The summed E-state index contributed by atoms with van der Waals surface area (Å²) in [6, 6.07) is 3.29. The quantitative estimate of drug-likeness (QED) is 0.193. The van der Waals surface area contributed by atoms with E-state index in [1.807, 2.05) is 6.07 Å². The van der Waals surface area contributed by atoms with Gasteiger partial charge in [-0.25, -0.2) is 23.2 Å². The Morgan fingerprint density at radius 2 is 1.91 bits per heavy atom. The van der Waals surface area contributed by atoms with Crippen molar-refractivity contribution in [2.24, 2.45) is 5.73 Å². The minimum Gasteiger partial charge on any atom is -0.396 e. The van der Waals surface area contributed by atoms with Crippen molar-refractivity contribution in [3.63, 3.8) is 0 Å². The molecule has 0 radical (unpaired) electrons. The van der Waals surface area contributed by atoms with Crippen LogP contribution in [0.5, 0.6) is 0 Å². The highest BCUT2D eigenvalue weighted by Crippen LogP contribution is 2.66. The molecule has 1 fully saturated rings. The van der Waals surface area contributed by atoms with Crippen LogP contribution in [0.15, 0.2) is 18.5 Å². The van der Waals surface area contributed by atoms with Crippen molar-refractivity contribution in [1.82, 2.24) is 14.6 Å². The van der Waals surface area contributed by atoms with Gasteiger partial charge in [0.2, 0.25) is 5.60 Å². The van der Waals surface area contributed by atoms with E-state index in [-0.39, 0.29) is 17.0 Å². The van der Waals surface area contributed by atoms with Gasteiger partial charge in [0.15, 0.2) is 5.65 Å². The number of nitrogen functional groups attached to an aromatic ring is 1. The monoisotopic (exact) mass is 544 g/mol. The summed E-state index contributed by atoms with van der Waals surface area (Å²) >= 11 is 0. The number of aromatic nitrogens is 3. The number of anilines is 1. The van der Waals surface area contributed by atoms with Gasteiger partial charge in [-0.1, -0.05) is 0 Å². The van der Waals surface area contributed by atoms with E-state index < -0.39 is 53.4 Å². The first kappa shape index (κ1) is 26.8. The second-order valence-corrected chi connectivity index (χ2v) is 11.6. The van der Waals surface area contributed by atoms with Gasteiger partial charge < -0.3 is 40.9 Å². The standard InChI is InChI=1S/C13H19N6O12P3/c1-12(16)10(20)8(5-28-33(24,25)31-34(26,27)30-32(21,22)23)29-13(12,6-14)9-4-17-11-7(15)2-3-18-19(9)11/h2-4,8,10,20H,5,15-16H2,1H3,(H,24,25)(H,26,27)(H2,21,22,23)/t8-,10-,12-,13+/m1/s1. The average molecular weight is 544 g/mol. The molecule has 21 heteroatoms. The Bertz CT molecular complexity index is 1290. The van der Waals surface area contributed by atoms with Gasteiger partial charge in [0, 0.05) is 0 Å². The Morgan fingerprint density at radius 1 is 1.26 bits per heavy atom. The van der Waals surface area contributed by atoms with Crippen LogP contribution in [-0.4, -0.2) is 63.6 Å². The molecule has 2 aromatic heterocycles. The fraction of sp³-hybridized carbons (Fsp3) is 0.462. The lowest BCUT2D eigenvalue weighted by molar-refractivity contribution is -0.0551. The summed E-state index contributed by atoms with van der Waals surface area (Å²) in [5.41, 5.74) is 8.34. The Morgan fingerprint density at radius 3 is 2.50 bits per heavy atom. The smallest absolute Gasteiger partial charge is 0.396 e. The molecule has 6 atom stereocenters. The molecule has 2 aromatic rings. The molecule has 34 heavy (non-hydrogen) atoms. The van der Waals surface area contributed by atoms with Crippen LogP contribution in [0.2, 0.25) is 0 Å². The first-order valence-electron chi connectivity index (χ1n) is 8.88. The Labute approximate surface area is 190 Å². The summed E-state index contributed by atoms with van der Waals surface area (Å²) in [6.07, 6.45) is -0.827. The molecule has 1 aliphatic heterocycles. The van der Waals surface area contributed by atoms with Crippen molar-refractivity contribution in [2.45, 2.75) is 30.3 Å². The van der Waals surface area contributed by atoms with Crippen molar-refractivity contribution in [2.75, 3.05) is 12.3 Å². The van der Waals surface area contributed by atoms with Crippen LogP contribution in [0.25, 0.3) is 5.65 Å². The maximum Gasteiger partial charge on any atom is 0.490 e. The zero-order valence-electron chi connectivity index (χ0n) is 17.0. The molecule has 1 aliphatic rings. The molecular formula is C13H19N6O12P3. The maximum atomic E-state index is 12.0. The summed E-state index contributed by atoms with van der Waals surface area (Å²) in [5.74, 6) is 0. The summed E-state index contributed by atoms with van der Waals surface area (Å²) in [5, 5.41) is 24.7. The SMILES string of the molecule is C[C@@]1(N)[C@H](O)[C@@H](COP(=O)(O)OP(=O)(O)OP(=O)(O)O)O[C@@]1(C#N)c1cnc2c(N)ccnn12. The largest absolute Gasteiger partial charge is 0.490 e. The van der Waals surface area contributed by atoms with Crippen molar-refractivity contribution in [3.8, 4) is 6.07 Å². The minimum absolute atomic E-state index is 0.0396. The first-order chi connectivity index (χ1) is 15.4. The van der Waals surface area contributed by atoms with Crippen LogP contribution in [0.4, 0.5) is 5.69 Å². The van der Waals surface area contributed by atoms with Crippen molar-refractivity contribution >= 4 is 34.8 Å². The van der Waals surface area contributed by atoms with E-state index in [1.165, 1.54) is 25.4 Å². The number of hydrogen-bond acceptors (Lipinski definition) is 13. The van der Waals surface area contributed by atoms with Crippen LogP contribution in [0, 0.1) is 11.3 Å². The number of aliphatic hydroxyl groups is 1. The molecule has 9 N–H and O–H groups in total. The molecule has 3 heterocycles. The molecule has 0 amide bonds. The number of aliphatic hydroxyl groups excluding tert-OH is 1. The van der Waals surface area contributed by atoms with Crippen LogP contribution in [0.3, 0.4) is 0 Å². The van der Waals surface area contributed by atoms with Gasteiger partial charge in [0.1, 0.15) is 24.0 Å². The molecule has 18 nitrogen and oxygen atoms in total. The third kappa shape index (κ3) is 4.94. The lowest BCUT2D eigenvalue weighted by atomic mass is 9.78. The summed E-state index contributed by atoms with van der Waals surface area (Å²) in [6.45, 7) is 0.213. The van der Waals surface area contributed by atoms with Crippen LogP contribution in [-0.2, 0) is 37.2 Å². The van der Waals surface area contributed by atoms with Gasteiger partial charge in [-0.2, -0.15) is 19.0 Å². The molecule has 1 saturated heterocycles. The maximum absolute atomic E-state index is 12.0. The fourth-order valence-electron chi connectivity index (χ4n) is 3.30. The lowest BCUT2D eigenvalue weighted by Gasteiger charge is -2.33. The normalized spacial score (nSPS) is 31.1. The highest BCUT2D eigenvalue weighted by atomic mass is 31.3. The number of phosphoric acid groups is 3. The van der Waals surface area contributed by atoms with Crippen molar-refractivity contribution < 1.29 is 56.3 Å². The van der Waals surface area contributed by atoms with Crippen molar-refractivity contribution in [3.05, 3.63) is 24.2 Å². The highest BCUT2D eigenvalue weighted by molar-refractivity contribution is 7.66. The third-order valence-corrected chi connectivity index (χ3v) is 8.62. The van der Waals surface area contributed by atoms with E-state index in [0.717, 1.165) is 4.52 Å². The minimum atomic E-state index is -5.75. The Kier molecular flexibility index (Phi) is 6.86. The number of nitrogens with two attached hydrogens (primary N) is 2.